The third-order valence-electron chi connectivity index (χ3n) is 3.09. The standard InChI is InChI=1S/C13H8ClN5/c14-13-16-6-4-11-17-18-12(19(11)13)9-1-2-10-8(7-9)3-5-15-10/h1-7,15H. The lowest BCUT2D eigenvalue weighted by molar-refractivity contribution is 1.08. The minimum absolute atomic E-state index is 0.353. The van der Waals surface area contributed by atoms with E-state index < -0.39 is 0 Å². The van der Waals surface area contributed by atoms with Crippen molar-refractivity contribution in [2.24, 2.45) is 0 Å². The van der Waals surface area contributed by atoms with E-state index in [1.807, 2.05) is 30.5 Å². The van der Waals surface area contributed by atoms with Crippen molar-refractivity contribution in [3.63, 3.8) is 0 Å². The van der Waals surface area contributed by atoms with Crippen molar-refractivity contribution >= 4 is 28.2 Å². The molecule has 4 aromatic rings. The van der Waals surface area contributed by atoms with Crippen molar-refractivity contribution in [2.45, 2.75) is 0 Å². The monoisotopic (exact) mass is 269 g/mol. The molecule has 0 radical (unpaired) electrons. The zero-order valence-electron chi connectivity index (χ0n) is 9.71. The molecule has 1 aromatic carbocycles. The SMILES string of the molecule is Clc1nccc2nnc(-c3ccc4[nH]ccc4c3)n12. The van der Waals surface area contributed by atoms with Crippen molar-refractivity contribution in [3.8, 4) is 11.4 Å². The molecule has 0 saturated carbocycles. The molecule has 6 heteroatoms. The highest BCUT2D eigenvalue weighted by atomic mass is 35.5. The van der Waals surface area contributed by atoms with E-state index in [0.29, 0.717) is 16.8 Å². The van der Waals surface area contributed by atoms with Gasteiger partial charge in [0.1, 0.15) is 0 Å². The second-order valence-corrected chi connectivity index (χ2v) is 4.55. The van der Waals surface area contributed by atoms with Crippen LogP contribution in [0.1, 0.15) is 0 Å². The van der Waals surface area contributed by atoms with Crippen molar-refractivity contribution in [3.05, 3.63) is 48.0 Å². The lowest BCUT2D eigenvalue weighted by Gasteiger charge is -2.01. The maximum absolute atomic E-state index is 6.12. The maximum atomic E-state index is 6.12. The Morgan fingerprint density at radius 2 is 2.05 bits per heavy atom. The summed E-state index contributed by atoms with van der Waals surface area (Å²) in [5, 5.41) is 9.77. The molecule has 0 unspecified atom stereocenters. The van der Waals surface area contributed by atoms with Gasteiger partial charge in [-0.3, -0.25) is 0 Å². The largest absolute Gasteiger partial charge is 0.361 e. The Morgan fingerprint density at radius 3 is 3.00 bits per heavy atom. The van der Waals surface area contributed by atoms with Crippen molar-refractivity contribution < 1.29 is 0 Å². The molecule has 0 saturated heterocycles. The summed E-state index contributed by atoms with van der Waals surface area (Å²) in [4.78, 5) is 7.22. The Morgan fingerprint density at radius 1 is 1.11 bits per heavy atom. The first kappa shape index (κ1) is 10.5. The fraction of sp³-hybridized carbons (Fsp3) is 0. The highest BCUT2D eigenvalue weighted by molar-refractivity contribution is 6.28. The molecule has 0 fully saturated rings. The highest BCUT2D eigenvalue weighted by Gasteiger charge is 2.11. The number of aromatic nitrogens is 5. The van der Waals surface area contributed by atoms with Gasteiger partial charge in [0, 0.05) is 34.9 Å². The van der Waals surface area contributed by atoms with Gasteiger partial charge in [-0.05, 0) is 35.9 Å². The van der Waals surface area contributed by atoms with Crippen LogP contribution in [0.25, 0.3) is 27.9 Å². The van der Waals surface area contributed by atoms with Crippen LogP contribution < -0.4 is 0 Å². The third-order valence-corrected chi connectivity index (χ3v) is 3.36. The first-order valence-electron chi connectivity index (χ1n) is 5.76. The van der Waals surface area contributed by atoms with E-state index in [-0.39, 0.29) is 0 Å². The normalized spacial score (nSPS) is 11.4. The molecule has 0 amide bonds. The van der Waals surface area contributed by atoms with Gasteiger partial charge in [0.15, 0.2) is 11.5 Å². The molecule has 0 bridgehead atoms. The van der Waals surface area contributed by atoms with Gasteiger partial charge in [-0.2, -0.15) is 0 Å². The van der Waals surface area contributed by atoms with Gasteiger partial charge < -0.3 is 4.98 Å². The molecule has 0 aliphatic carbocycles. The molecule has 4 rings (SSSR count). The number of nitrogens with zero attached hydrogens (tertiary/aromatic N) is 4. The third kappa shape index (κ3) is 1.52. The lowest BCUT2D eigenvalue weighted by Crippen LogP contribution is -1.93. The van der Waals surface area contributed by atoms with Crippen LogP contribution in [0.5, 0.6) is 0 Å². The van der Waals surface area contributed by atoms with Crippen LogP contribution in [0.2, 0.25) is 5.28 Å². The van der Waals surface area contributed by atoms with Crippen LogP contribution >= 0.6 is 11.6 Å². The van der Waals surface area contributed by atoms with E-state index in [0.717, 1.165) is 16.5 Å². The first-order valence-corrected chi connectivity index (χ1v) is 6.14. The number of H-pyrrole nitrogens is 1. The smallest absolute Gasteiger partial charge is 0.210 e. The van der Waals surface area contributed by atoms with Crippen molar-refractivity contribution in [1.29, 1.82) is 0 Å². The van der Waals surface area contributed by atoms with Gasteiger partial charge in [-0.1, -0.05) is 0 Å². The van der Waals surface area contributed by atoms with Crippen LogP contribution in [0.3, 0.4) is 0 Å². The summed E-state index contributed by atoms with van der Waals surface area (Å²) in [5.41, 5.74) is 2.72. The number of nitrogens with one attached hydrogen (secondary N) is 1. The summed E-state index contributed by atoms with van der Waals surface area (Å²) >= 11 is 6.12. The average Bonchev–Trinajstić information content (AvgIpc) is 3.04. The van der Waals surface area contributed by atoms with Crippen LogP contribution in [-0.4, -0.2) is 24.6 Å². The number of fused-ring (bicyclic) bond motifs is 2. The highest BCUT2D eigenvalue weighted by Crippen LogP contribution is 2.24. The summed E-state index contributed by atoms with van der Waals surface area (Å²) < 4.78 is 1.73. The molecule has 5 nitrogen and oxygen atoms in total. The molecule has 3 aromatic heterocycles. The fourth-order valence-corrected chi connectivity index (χ4v) is 2.41. The zero-order valence-corrected chi connectivity index (χ0v) is 10.5. The van der Waals surface area contributed by atoms with E-state index in [4.69, 9.17) is 11.6 Å². The number of hydrogen-bond donors (Lipinski definition) is 1. The number of aromatic amines is 1. The topological polar surface area (TPSA) is 58.9 Å². The Labute approximate surface area is 112 Å². The van der Waals surface area contributed by atoms with Crippen LogP contribution in [-0.2, 0) is 0 Å². The van der Waals surface area contributed by atoms with E-state index in [9.17, 15) is 0 Å². The van der Waals surface area contributed by atoms with Crippen molar-refractivity contribution in [1.82, 2.24) is 24.6 Å². The van der Waals surface area contributed by atoms with Crippen LogP contribution in [0, 0.1) is 0 Å². The van der Waals surface area contributed by atoms with Crippen LogP contribution in [0.4, 0.5) is 0 Å². The second-order valence-electron chi connectivity index (χ2n) is 4.21. The molecule has 3 heterocycles. The molecule has 0 atom stereocenters. The van der Waals surface area contributed by atoms with E-state index in [1.165, 1.54) is 0 Å². The molecular weight excluding hydrogens is 262 g/mol. The van der Waals surface area contributed by atoms with Crippen molar-refractivity contribution in [2.75, 3.05) is 0 Å². The van der Waals surface area contributed by atoms with Gasteiger partial charge in [0.25, 0.3) is 0 Å². The average molecular weight is 270 g/mol. The number of halogens is 1. The summed E-state index contributed by atoms with van der Waals surface area (Å²) in [5.74, 6) is 0.691. The quantitative estimate of drug-likeness (QED) is 0.541. The van der Waals surface area contributed by atoms with Crippen LogP contribution in [0.15, 0.2) is 42.7 Å². The maximum Gasteiger partial charge on any atom is 0.210 e. The Kier molecular flexibility index (Phi) is 2.10. The molecule has 0 aliphatic rings. The summed E-state index contributed by atoms with van der Waals surface area (Å²) in [6.07, 6.45) is 3.52. The summed E-state index contributed by atoms with van der Waals surface area (Å²) in [6.45, 7) is 0. The lowest BCUT2D eigenvalue weighted by atomic mass is 10.1. The second kappa shape index (κ2) is 3.80. The molecule has 1 N–H and O–H groups in total. The fourth-order valence-electron chi connectivity index (χ4n) is 2.19. The van der Waals surface area contributed by atoms with Gasteiger partial charge in [0.05, 0.1) is 0 Å². The van der Waals surface area contributed by atoms with Gasteiger partial charge >= 0.3 is 0 Å². The predicted octanol–water partition coefficient (Wildman–Crippen LogP) is 2.93. The Bertz CT molecular complexity index is 892. The van der Waals surface area contributed by atoms with Gasteiger partial charge in [0.2, 0.25) is 5.28 Å². The minimum Gasteiger partial charge on any atom is -0.361 e. The Hall–Kier alpha value is -2.40. The molecule has 92 valence electrons. The van der Waals surface area contributed by atoms with E-state index >= 15 is 0 Å². The first-order chi connectivity index (χ1) is 9.33. The number of hydrogen-bond acceptors (Lipinski definition) is 3. The van der Waals surface area contributed by atoms with E-state index in [1.54, 1.807) is 16.7 Å². The summed E-state index contributed by atoms with van der Waals surface area (Å²) in [7, 11) is 0. The molecule has 19 heavy (non-hydrogen) atoms. The molecule has 0 aliphatic heterocycles. The van der Waals surface area contributed by atoms with E-state index in [2.05, 4.69) is 20.2 Å². The van der Waals surface area contributed by atoms with Gasteiger partial charge in [-0.15, -0.1) is 10.2 Å². The predicted molar refractivity (Wildman–Crippen MR) is 73.1 cm³/mol. The molecular formula is C13H8ClN5. The summed E-state index contributed by atoms with van der Waals surface area (Å²) in [6, 6.07) is 9.83. The van der Waals surface area contributed by atoms with Gasteiger partial charge in [-0.25, -0.2) is 9.38 Å². The zero-order chi connectivity index (χ0) is 12.8. The minimum atomic E-state index is 0.353. The number of benzene rings is 1. The Balaban J connectivity index is 2.03. The molecule has 0 spiro atoms. The number of rotatable bonds is 1.